The van der Waals surface area contributed by atoms with Crippen molar-refractivity contribution in [1.82, 2.24) is 14.5 Å². The second kappa shape index (κ2) is 11.4. The van der Waals surface area contributed by atoms with E-state index in [-0.39, 0.29) is 17.9 Å². The van der Waals surface area contributed by atoms with E-state index in [0.717, 1.165) is 38.1 Å². The first-order valence-corrected chi connectivity index (χ1v) is 13.0. The van der Waals surface area contributed by atoms with Crippen molar-refractivity contribution in [2.45, 2.75) is 38.3 Å². The molecule has 10 nitrogen and oxygen atoms in total. The van der Waals surface area contributed by atoms with Crippen LogP contribution in [0.4, 0.5) is 11.5 Å². The van der Waals surface area contributed by atoms with Crippen LogP contribution in [0, 0.1) is 16.0 Å². The number of piperidine rings is 1. The Labute approximate surface area is 224 Å². The van der Waals surface area contributed by atoms with Crippen molar-refractivity contribution >= 4 is 34.7 Å². The molecule has 3 aromatic rings. The standard InChI is InChI=1S/C25H27Cl2N5O5/c26-18-13-22(27)24(28-14-18)35-12-8-17-5-9-30(10-6-17)19-1-3-20(4-2-19)36-16-21-7-11-31-15-23(32(33)34)29-25(31)37-21/h1-4,13-15,17,21H,5-12,16H2. The summed E-state index contributed by atoms with van der Waals surface area (Å²) in [6.07, 6.45) is 6.57. The van der Waals surface area contributed by atoms with Gasteiger partial charge in [-0.05, 0) is 60.4 Å². The normalized spacial score (nSPS) is 17.7. The number of aryl methyl sites for hydroxylation is 1. The molecule has 0 N–H and O–H groups in total. The van der Waals surface area contributed by atoms with Crippen molar-refractivity contribution < 1.29 is 19.1 Å². The highest BCUT2D eigenvalue weighted by molar-refractivity contribution is 6.35. The number of nitrogens with zero attached hydrogens (tertiary/aromatic N) is 5. The molecule has 0 amide bonds. The first-order chi connectivity index (χ1) is 17.9. The molecule has 1 unspecified atom stereocenters. The molecule has 0 aliphatic carbocycles. The van der Waals surface area contributed by atoms with Gasteiger partial charge in [-0.3, -0.25) is 4.57 Å². The molecule has 12 heteroatoms. The number of pyridine rings is 1. The molecule has 0 bridgehead atoms. The first kappa shape index (κ1) is 25.4. The number of nitro groups is 1. The summed E-state index contributed by atoms with van der Waals surface area (Å²) in [7, 11) is 0. The van der Waals surface area contributed by atoms with Crippen LogP contribution in [0.3, 0.4) is 0 Å². The Morgan fingerprint density at radius 2 is 1.89 bits per heavy atom. The van der Waals surface area contributed by atoms with Crippen LogP contribution >= 0.6 is 23.2 Å². The molecule has 2 aliphatic rings. The second-order valence-electron chi connectivity index (χ2n) is 9.17. The number of imidazole rings is 1. The zero-order chi connectivity index (χ0) is 25.8. The first-order valence-electron chi connectivity index (χ1n) is 12.2. The lowest BCUT2D eigenvalue weighted by Crippen LogP contribution is -2.34. The number of rotatable bonds is 9. The average Bonchev–Trinajstić information content (AvgIpc) is 3.34. The molecule has 0 spiro atoms. The highest BCUT2D eigenvalue weighted by atomic mass is 35.5. The number of anilines is 1. The fourth-order valence-corrected chi connectivity index (χ4v) is 5.02. The zero-order valence-electron chi connectivity index (χ0n) is 20.1. The van der Waals surface area contributed by atoms with Gasteiger partial charge < -0.3 is 29.2 Å². The van der Waals surface area contributed by atoms with Crippen molar-refractivity contribution in [3.8, 4) is 17.6 Å². The van der Waals surface area contributed by atoms with Gasteiger partial charge in [-0.2, -0.15) is 0 Å². The van der Waals surface area contributed by atoms with Crippen LogP contribution in [0.1, 0.15) is 25.7 Å². The number of benzene rings is 1. The largest absolute Gasteiger partial charge is 0.490 e. The quantitative estimate of drug-likeness (QED) is 0.258. The van der Waals surface area contributed by atoms with Crippen LogP contribution in [0.2, 0.25) is 10.0 Å². The molecule has 0 radical (unpaired) electrons. The van der Waals surface area contributed by atoms with E-state index >= 15 is 0 Å². The fourth-order valence-electron chi connectivity index (χ4n) is 4.59. The molecule has 1 atom stereocenters. The van der Waals surface area contributed by atoms with Crippen LogP contribution in [0.15, 0.2) is 42.7 Å². The van der Waals surface area contributed by atoms with Gasteiger partial charge in [0, 0.05) is 42.9 Å². The second-order valence-corrected chi connectivity index (χ2v) is 10.0. The molecule has 1 aromatic carbocycles. The fraction of sp³-hybridized carbons (Fsp3) is 0.440. The van der Waals surface area contributed by atoms with Crippen molar-refractivity contribution in [2.75, 3.05) is 31.2 Å². The third-order valence-electron chi connectivity index (χ3n) is 6.67. The Morgan fingerprint density at radius 1 is 1.11 bits per heavy atom. The molecule has 1 saturated heterocycles. The Morgan fingerprint density at radius 3 is 2.62 bits per heavy atom. The van der Waals surface area contributed by atoms with Crippen LogP contribution in [0.5, 0.6) is 17.6 Å². The smallest absolute Gasteiger partial charge is 0.414 e. The van der Waals surface area contributed by atoms with E-state index in [4.69, 9.17) is 37.4 Å². The summed E-state index contributed by atoms with van der Waals surface area (Å²) in [4.78, 5) is 20.8. The third-order valence-corrected chi connectivity index (χ3v) is 7.15. The summed E-state index contributed by atoms with van der Waals surface area (Å²) < 4.78 is 19.1. The molecule has 5 rings (SSSR count). The van der Waals surface area contributed by atoms with E-state index in [2.05, 4.69) is 27.0 Å². The predicted octanol–water partition coefficient (Wildman–Crippen LogP) is 5.41. The van der Waals surface area contributed by atoms with Gasteiger partial charge in [0.15, 0.2) is 0 Å². The van der Waals surface area contributed by atoms with Gasteiger partial charge in [0.1, 0.15) is 29.7 Å². The molecule has 0 saturated carbocycles. The summed E-state index contributed by atoms with van der Waals surface area (Å²) in [5, 5.41) is 11.8. The Balaban J connectivity index is 1.03. The number of halogens is 2. The van der Waals surface area contributed by atoms with E-state index < -0.39 is 4.92 Å². The maximum Gasteiger partial charge on any atom is 0.414 e. The Hall–Kier alpha value is -3.24. The summed E-state index contributed by atoms with van der Waals surface area (Å²) >= 11 is 12.0. The van der Waals surface area contributed by atoms with E-state index in [1.165, 1.54) is 18.1 Å². The molecule has 2 aromatic heterocycles. The van der Waals surface area contributed by atoms with Gasteiger partial charge in [-0.25, -0.2) is 4.98 Å². The van der Waals surface area contributed by atoms with Gasteiger partial charge in [0.2, 0.25) is 5.88 Å². The number of fused-ring (bicyclic) bond motifs is 1. The average molecular weight is 548 g/mol. The predicted molar refractivity (Wildman–Crippen MR) is 139 cm³/mol. The number of hydrogen-bond acceptors (Lipinski definition) is 8. The molecular formula is C25H27Cl2N5O5. The lowest BCUT2D eigenvalue weighted by Gasteiger charge is -2.33. The minimum absolute atomic E-state index is 0.204. The molecule has 4 heterocycles. The highest BCUT2D eigenvalue weighted by Crippen LogP contribution is 2.29. The van der Waals surface area contributed by atoms with Gasteiger partial charge in [0.25, 0.3) is 0 Å². The molecule has 2 aliphatic heterocycles. The van der Waals surface area contributed by atoms with Crippen molar-refractivity contribution in [3.05, 3.63) is 62.9 Å². The van der Waals surface area contributed by atoms with E-state index in [9.17, 15) is 10.1 Å². The van der Waals surface area contributed by atoms with E-state index in [1.807, 2.05) is 12.1 Å². The minimum atomic E-state index is -0.518. The summed E-state index contributed by atoms with van der Waals surface area (Å²) in [6, 6.07) is 9.98. The lowest BCUT2D eigenvalue weighted by atomic mass is 9.93. The monoisotopic (exact) mass is 547 g/mol. The van der Waals surface area contributed by atoms with E-state index in [1.54, 1.807) is 10.6 Å². The SMILES string of the molecule is O=[N+]([O-])c1cn2c(n1)OC(COc1ccc(N3CCC(CCOc4ncc(Cl)cc4Cl)CC3)cc1)CC2. The van der Waals surface area contributed by atoms with Crippen molar-refractivity contribution in [2.24, 2.45) is 5.92 Å². The van der Waals surface area contributed by atoms with Gasteiger partial charge in [0.05, 0.1) is 11.6 Å². The summed E-state index contributed by atoms with van der Waals surface area (Å²) in [6.45, 7) is 3.51. The molecule has 37 heavy (non-hydrogen) atoms. The third kappa shape index (κ3) is 6.37. The molecule has 196 valence electrons. The van der Waals surface area contributed by atoms with E-state index in [0.29, 0.717) is 48.0 Å². The summed E-state index contributed by atoms with van der Waals surface area (Å²) in [5.74, 6) is 1.58. The van der Waals surface area contributed by atoms with Crippen LogP contribution in [-0.4, -0.2) is 51.9 Å². The maximum atomic E-state index is 10.9. The van der Waals surface area contributed by atoms with Crippen LogP contribution in [0.25, 0.3) is 0 Å². The minimum Gasteiger partial charge on any atom is -0.490 e. The lowest BCUT2D eigenvalue weighted by molar-refractivity contribution is -0.389. The zero-order valence-corrected chi connectivity index (χ0v) is 21.6. The number of hydrogen-bond donors (Lipinski definition) is 0. The summed E-state index contributed by atoms with van der Waals surface area (Å²) in [5.41, 5.74) is 1.17. The van der Waals surface area contributed by atoms with Crippen LogP contribution in [-0.2, 0) is 6.54 Å². The van der Waals surface area contributed by atoms with Crippen molar-refractivity contribution in [3.63, 3.8) is 0 Å². The van der Waals surface area contributed by atoms with Crippen LogP contribution < -0.4 is 19.1 Å². The highest BCUT2D eigenvalue weighted by Gasteiger charge is 2.28. The number of ether oxygens (including phenoxy) is 3. The maximum absolute atomic E-state index is 10.9. The molecular weight excluding hydrogens is 521 g/mol. The van der Waals surface area contributed by atoms with Gasteiger partial charge in [-0.1, -0.05) is 23.2 Å². The van der Waals surface area contributed by atoms with Crippen molar-refractivity contribution in [1.29, 1.82) is 0 Å². The number of aromatic nitrogens is 3. The topological polar surface area (TPSA) is 105 Å². The Kier molecular flexibility index (Phi) is 7.85. The van der Waals surface area contributed by atoms with Gasteiger partial charge in [-0.15, -0.1) is 0 Å². The Bertz CT molecular complexity index is 1230. The van der Waals surface area contributed by atoms with Gasteiger partial charge >= 0.3 is 11.8 Å². The molecule has 1 fully saturated rings.